The van der Waals surface area contributed by atoms with Crippen molar-refractivity contribution in [3.8, 4) is 0 Å². The SMILES string of the molecule is NC1=[N+](c2ccc(Cl)cc2Cl)C2CS(=O)(=O)CC2S1. The van der Waals surface area contributed by atoms with Crippen molar-refractivity contribution in [3.05, 3.63) is 28.2 Å². The van der Waals surface area contributed by atoms with Crippen LogP contribution in [0, 0.1) is 0 Å². The summed E-state index contributed by atoms with van der Waals surface area (Å²) in [4.78, 5) is 0. The lowest BCUT2D eigenvalue weighted by Crippen LogP contribution is -2.29. The van der Waals surface area contributed by atoms with Crippen LogP contribution in [0.25, 0.3) is 0 Å². The molecule has 2 N–H and O–H groups in total. The molecule has 0 saturated carbocycles. The van der Waals surface area contributed by atoms with Gasteiger partial charge in [0.1, 0.15) is 11.7 Å². The molecule has 0 amide bonds. The molecule has 0 aromatic heterocycles. The Morgan fingerprint density at radius 3 is 2.74 bits per heavy atom. The molecule has 4 nitrogen and oxygen atoms in total. The first-order valence-electron chi connectivity index (χ1n) is 5.61. The summed E-state index contributed by atoms with van der Waals surface area (Å²) in [7, 11) is -2.99. The van der Waals surface area contributed by atoms with E-state index in [0.717, 1.165) is 0 Å². The van der Waals surface area contributed by atoms with E-state index in [9.17, 15) is 8.42 Å². The van der Waals surface area contributed by atoms with Gasteiger partial charge >= 0.3 is 5.17 Å². The highest BCUT2D eigenvalue weighted by Gasteiger charge is 2.50. The van der Waals surface area contributed by atoms with Crippen molar-refractivity contribution in [2.75, 3.05) is 11.5 Å². The van der Waals surface area contributed by atoms with E-state index in [1.807, 2.05) is 4.58 Å². The van der Waals surface area contributed by atoms with Gasteiger partial charge in [-0.3, -0.25) is 5.73 Å². The molecule has 0 radical (unpaired) electrons. The second kappa shape index (κ2) is 4.55. The van der Waals surface area contributed by atoms with Crippen LogP contribution in [-0.2, 0) is 9.84 Å². The normalized spacial score (nSPS) is 28.7. The molecule has 2 heterocycles. The molecule has 2 aliphatic rings. The van der Waals surface area contributed by atoms with Crippen molar-refractivity contribution in [1.29, 1.82) is 0 Å². The zero-order valence-corrected chi connectivity index (χ0v) is 12.9. The van der Waals surface area contributed by atoms with E-state index in [1.165, 1.54) is 11.8 Å². The number of hydrogen-bond acceptors (Lipinski definition) is 4. The van der Waals surface area contributed by atoms with E-state index in [1.54, 1.807) is 18.2 Å². The average Bonchev–Trinajstić information content (AvgIpc) is 2.70. The third kappa shape index (κ3) is 2.35. The van der Waals surface area contributed by atoms with Crippen molar-refractivity contribution in [2.24, 2.45) is 5.73 Å². The van der Waals surface area contributed by atoms with Crippen molar-refractivity contribution in [2.45, 2.75) is 11.3 Å². The summed E-state index contributed by atoms with van der Waals surface area (Å²) in [6, 6.07) is 4.98. The zero-order chi connectivity index (χ0) is 13.8. The van der Waals surface area contributed by atoms with Gasteiger partial charge in [-0.2, -0.15) is 0 Å². The number of nitrogens with two attached hydrogens (primary N) is 1. The third-order valence-corrected chi connectivity index (χ3v) is 6.97. The lowest BCUT2D eigenvalue weighted by molar-refractivity contribution is -0.470. The van der Waals surface area contributed by atoms with Crippen LogP contribution in [0.3, 0.4) is 0 Å². The Kier molecular flexibility index (Phi) is 3.24. The van der Waals surface area contributed by atoms with Crippen LogP contribution < -0.4 is 5.73 Å². The Labute approximate surface area is 125 Å². The summed E-state index contributed by atoms with van der Waals surface area (Å²) in [5.74, 6) is 0.287. The summed E-state index contributed by atoms with van der Waals surface area (Å²) in [6.45, 7) is 0. The summed E-state index contributed by atoms with van der Waals surface area (Å²) >= 11 is 13.5. The summed E-state index contributed by atoms with van der Waals surface area (Å²) in [6.07, 6.45) is 0. The van der Waals surface area contributed by atoms with Crippen LogP contribution in [0.4, 0.5) is 5.69 Å². The zero-order valence-electron chi connectivity index (χ0n) is 9.71. The second-order valence-corrected chi connectivity index (χ2v) is 8.86. The van der Waals surface area contributed by atoms with Gasteiger partial charge in [-0.1, -0.05) is 23.2 Å². The number of amidine groups is 1. The molecule has 3 rings (SSSR count). The first kappa shape index (κ1) is 13.5. The van der Waals surface area contributed by atoms with Gasteiger partial charge in [0.15, 0.2) is 9.84 Å². The molecule has 102 valence electrons. The van der Waals surface area contributed by atoms with Gasteiger partial charge in [0.05, 0.1) is 21.8 Å². The van der Waals surface area contributed by atoms with Crippen LogP contribution in [0.2, 0.25) is 10.0 Å². The van der Waals surface area contributed by atoms with Crippen molar-refractivity contribution in [1.82, 2.24) is 0 Å². The fourth-order valence-electron chi connectivity index (χ4n) is 2.50. The minimum absolute atomic E-state index is 0.0169. The van der Waals surface area contributed by atoms with Gasteiger partial charge in [0.2, 0.25) is 0 Å². The summed E-state index contributed by atoms with van der Waals surface area (Å²) in [5, 5.41) is 1.58. The maximum atomic E-state index is 11.7. The number of thioether (sulfide) groups is 1. The highest BCUT2D eigenvalue weighted by atomic mass is 35.5. The van der Waals surface area contributed by atoms with E-state index in [-0.39, 0.29) is 22.8 Å². The van der Waals surface area contributed by atoms with Gasteiger partial charge in [0, 0.05) is 5.02 Å². The molecule has 0 spiro atoms. The monoisotopic (exact) mass is 337 g/mol. The van der Waals surface area contributed by atoms with E-state index < -0.39 is 9.84 Å². The van der Waals surface area contributed by atoms with Crippen molar-refractivity contribution in [3.63, 3.8) is 0 Å². The van der Waals surface area contributed by atoms with Crippen LogP contribution in [-0.4, -0.2) is 41.0 Å². The highest BCUT2D eigenvalue weighted by Crippen LogP contribution is 2.39. The van der Waals surface area contributed by atoms with Gasteiger partial charge in [-0.15, -0.1) is 0 Å². The minimum atomic E-state index is -2.99. The standard InChI is InChI=1S/C11H10Cl2N2O2S2/c12-6-1-2-8(7(13)3-6)15-9-4-19(16,17)5-10(9)18-11(15)14/h1-3,9-10,14H,4-5H2/p+1. The van der Waals surface area contributed by atoms with Crippen LogP contribution in [0.1, 0.15) is 0 Å². The molecular formula is C11H11Cl2N2O2S2+. The molecule has 2 atom stereocenters. The molecule has 1 aromatic rings. The largest absolute Gasteiger partial charge is 0.310 e. The number of benzene rings is 1. The fourth-order valence-corrected chi connectivity index (χ4v) is 6.81. The highest BCUT2D eigenvalue weighted by molar-refractivity contribution is 8.15. The molecule has 19 heavy (non-hydrogen) atoms. The first-order valence-corrected chi connectivity index (χ1v) is 9.07. The molecule has 8 heteroatoms. The molecule has 2 aliphatic heterocycles. The minimum Gasteiger partial charge on any atom is -0.281 e. The number of hydrogen-bond donors (Lipinski definition) is 1. The Morgan fingerprint density at radius 1 is 1.32 bits per heavy atom. The number of rotatable bonds is 1. The average molecular weight is 338 g/mol. The second-order valence-electron chi connectivity index (χ2n) is 4.60. The fraction of sp³-hybridized carbons (Fsp3) is 0.364. The van der Waals surface area contributed by atoms with Crippen molar-refractivity contribution >= 4 is 55.7 Å². The van der Waals surface area contributed by atoms with Gasteiger partial charge in [-0.05, 0) is 30.0 Å². The Bertz CT molecular complexity index is 688. The Morgan fingerprint density at radius 2 is 2.05 bits per heavy atom. The van der Waals surface area contributed by atoms with Crippen molar-refractivity contribution < 1.29 is 13.0 Å². The lowest BCUT2D eigenvalue weighted by Gasteiger charge is -2.12. The first-order chi connectivity index (χ1) is 8.87. The molecule has 0 aliphatic carbocycles. The van der Waals surface area contributed by atoms with Crippen LogP contribution in [0.5, 0.6) is 0 Å². The molecular weight excluding hydrogens is 327 g/mol. The number of halogens is 2. The number of fused-ring (bicyclic) bond motifs is 1. The van der Waals surface area contributed by atoms with E-state index in [4.69, 9.17) is 28.9 Å². The molecule has 2 unspecified atom stereocenters. The van der Waals surface area contributed by atoms with E-state index in [0.29, 0.717) is 20.9 Å². The smallest absolute Gasteiger partial charge is 0.281 e. The number of nitrogens with zero attached hydrogens (tertiary/aromatic N) is 1. The predicted octanol–water partition coefficient (Wildman–Crippen LogP) is 1.86. The van der Waals surface area contributed by atoms with Gasteiger partial charge < -0.3 is 0 Å². The molecule has 1 aromatic carbocycles. The van der Waals surface area contributed by atoms with E-state index >= 15 is 0 Å². The predicted molar refractivity (Wildman–Crippen MR) is 79.4 cm³/mol. The summed E-state index contributed by atoms with van der Waals surface area (Å²) < 4.78 is 25.3. The number of sulfone groups is 1. The Balaban J connectivity index is 2.07. The van der Waals surface area contributed by atoms with E-state index in [2.05, 4.69) is 0 Å². The third-order valence-electron chi connectivity index (χ3n) is 3.28. The van der Waals surface area contributed by atoms with Gasteiger partial charge in [0.25, 0.3) is 0 Å². The quantitative estimate of drug-likeness (QED) is 0.794. The van der Waals surface area contributed by atoms with Gasteiger partial charge in [-0.25, -0.2) is 13.0 Å². The maximum Gasteiger partial charge on any atom is 0.310 e. The lowest BCUT2D eigenvalue weighted by atomic mass is 10.2. The topological polar surface area (TPSA) is 63.2 Å². The molecule has 1 saturated heterocycles. The maximum absolute atomic E-state index is 11.7. The molecule has 0 bridgehead atoms. The Hall–Kier alpha value is -0.430. The summed E-state index contributed by atoms with van der Waals surface area (Å²) in [5.41, 5.74) is 6.72. The van der Waals surface area contributed by atoms with Crippen LogP contribution in [0.15, 0.2) is 18.2 Å². The molecule has 1 fully saturated rings. The van der Waals surface area contributed by atoms with Crippen LogP contribution >= 0.6 is 35.0 Å².